The van der Waals surface area contributed by atoms with Crippen LogP contribution in [0.4, 0.5) is 5.00 Å². The number of fused-ring (bicyclic) bond motifs is 1. The molecular weight excluding hydrogens is 290 g/mol. The van der Waals surface area contributed by atoms with Crippen molar-refractivity contribution in [3.05, 3.63) is 16.0 Å². The van der Waals surface area contributed by atoms with Crippen molar-refractivity contribution in [1.82, 2.24) is 5.32 Å². The Bertz CT molecular complexity index is 623. The molecule has 0 bridgehead atoms. The smallest absolute Gasteiger partial charge is 0.251 e. The number of hydrogen-bond donors (Lipinski definition) is 3. The van der Waals surface area contributed by atoms with Crippen LogP contribution in [0.5, 0.6) is 0 Å². The van der Waals surface area contributed by atoms with Crippen LogP contribution >= 0.6 is 11.3 Å². The summed E-state index contributed by atoms with van der Waals surface area (Å²) in [5.41, 5.74) is 6.92. The van der Waals surface area contributed by atoms with Gasteiger partial charge >= 0.3 is 0 Å². The van der Waals surface area contributed by atoms with Gasteiger partial charge in [-0.3, -0.25) is 14.4 Å². The Morgan fingerprint density at radius 1 is 1.24 bits per heavy atom. The molecule has 2 aliphatic rings. The number of hydrogen-bond acceptors (Lipinski definition) is 4. The van der Waals surface area contributed by atoms with Crippen molar-refractivity contribution >= 4 is 34.1 Å². The highest BCUT2D eigenvalue weighted by Crippen LogP contribution is 2.38. The first-order chi connectivity index (χ1) is 10.1. The van der Waals surface area contributed by atoms with Gasteiger partial charge in [0.1, 0.15) is 11.0 Å². The minimum atomic E-state index is -0.516. The predicted octanol–water partition coefficient (Wildman–Crippen LogP) is 0.943. The van der Waals surface area contributed by atoms with Crippen molar-refractivity contribution in [3.8, 4) is 0 Å². The molecule has 1 fully saturated rings. The minimum absolute atomic E-state index is 0.115. The molecule has 4 N–H and O–H groups in total. The molecule has 2 heterocycles. The highest BCUT2D eigenvalue weighted by molar-refractivity contribution is 7.17. The highest BCUT2D eigenvalue weighted by Gasteiger charge is 2.30. The van der Waals surface area contributed by atoms with Crippen LogP contribution in [-0.4, -0.2) is 23.8 Å². The molecule has 1 aromatic rings. The lowest BCUT2D eigenvalue weighted by Crippen LogP contribution is -2.37. The van der Waals surface area contributed by atoms with Crippen LogP contribution < -0.4 is 16.4 Å². The van der Waals surface area contributed by atoms with Crippen molar-refractivity contribution in [2.24, 2.45) is 5.73 Å². The number of amides is 3. The largest absolute Gasteiger partial charge is 0.365 e. The van der Waals surface area contributed by atoms with Gasteiger partial charge in [0, 0.05) is 11.3 Å². The summed E-state index contributed by atoms with van der Waals surface area (Å²) in [6.45, 7) is 0. The van der Waals surface area contributed by atoms with Gasteiger partial charge in [0.05, 0.1) is 5.56 Å². The lowest BCUT2D eigenvalue weighted by molar-refractivity contribution is -0.122. The first kappa shape index (κ1) is 14.1. The predicted molar refractivity (Wildman–Crippen MR) is 79.3 cm³/mol. The van der Waals surface area contributed by atoms with Gasteiger partial charge in [0.15, 0.2) is 0 Å². The molecule has 0 radical (unpaired) electrons. The average molecular weight is 307 g/mol. The monoisotopic (exact) mass is 307 g/mol. The van der Waals surface area contributed by atoms with Gasteiger partial charge in [-0.15, -0.1) is 11.3 Å². The standard InChI is InChI=1S/C14H17N3O3S/c15-12(19)11-7-3-1-2-4-9(7)21-14(11)17-13(20)8-5-6-10(18)16-8/h8H,1-6H2,(H2,15,19)(H,16,18)(H,17,20). The van der Waals surface area contributed by atoms with Crippen molar-refractivity contribution in [3.63, 3.8) is 0 Å². The summed E-state index contributed by atoms with van der Waals surface area (Å²) < 4.78 is 0. The summed E-state index contributed by atoms with van der Waals surface area (Å²) in [5, 5.41) is 5.93. The number of rotatable bonds is 3. The van der Waals surface area contributed by atoms with E-state index in [1.54, 1.807) is 0 Å². The maximum absolute atomic E-state index is 12.2. The van der Waals surface area contributed by atoms with Gasteiger partial charge in [-0.1, -0.05) is 0 Å². The summed E-state index contributed by atoms with van der Waals surface area (Å²) in [5.74, 6) is -0.891. The molecule has 3 amide bonds. The van der Waals surface area contributed by atoms with E-state index in [0.717, 1.165) is 36.1 Å². The van der Waals surface area contributed by atoms with Gasteiger partial charge in [-0.05, 0) is 37.7 Å². The molecule has 3 rings (SSSR count). The second kappa shape index (κ2) is 5.48. The van der Waals surface area contributed by atoms with Crippen molar-refractivity contribution in [1.29, 1.82) is 0 Å². The van der Waals surface area contributed by atoms with E-state index in [0.29, 0.717) is 23.4 Å². The number of thiophene rings is 1. The molecule has 1 aliphatic carbocycles. The fraction of sp³-hybridized carbons (Fsp3) is 0.500. The lowest BCUT2D eigenvalue weighted by Gasteiger charge is -2.12. The molecule has 1 aromatic heterocycles. The van der Waals surface area contributed by atoms with Gasteiger partial charge in [-0.2, -0.15) is 0 Å². The van der Waals surface area contributed by atoms with Crippen molar-refractivity contribution in [2.45, 2.75) is 44.6 Å². The van der Waals surface area contributed by atoms with E-state index >= 15 is 0 Å². The second-order valence-electron chi connectivity index (χ2n) is 5.43. The molecule has 7 heteroatoms. The number of carbonyl (C=O) groups excluding carboxylic acids is 3. The molecule has 21 heavy (non-hydrogen) atoms. The van der Waals surface area contributed by atoms with E-state index in [9.17, 15) is 14.4 Å². The Morgan fingerprint density at radius 2 is 2.00 bits per heavy atom. The summed E-state index contributed by atoms with van der Waals surface area (Å²) in [6, 6.07) is -0.516. The van der Waals surface area contributed by atoms with Crippen LogP contribution in [-0.2, 0) is 22.4 Å². The zero-order valence-corrected chi connectivity index (χ0v) is 12.3. The van der Waals surface area contributed by atoms with Crippen LogP contribution in [0.25, 0.3) is 0 Å². The molecule has 1 aliphatic heterocycles. The number of primary amides is 1. The fourth-order valence-electron chi connectivity index (χ4n) is 2.92. The molecule has 0 saturated carbocycles. The minimum Gasteiger partial charge on any atom is -0.365 e. The van der Waals surface area contributed by atoms with Crippen LogP contribution in [0.1, 0.15) is 46.5 Å². The van der Waals surface area contributed by atoms with Crippen LogP contribution in [0.2, 0.25) is 0 Å². The molecule has 1 unspecified atom stereocenters. The number of nitrogens with one attached hydrogen (secondary N) is 2. The second-order valence-corrected chi connectivity index (χ2v) is 6.53. The number of carbonyl (C=O) groups is 3. The summed E-state index contributed by atoms with van der Waals surface area (Å²) in [4.78, 5) is 36.2. The molecule has 112 valence electrons. The Hall–Kier alpha value is -1.89. The van der Waals surface area contributed by atoms with E-state index in [2.05, 4.69) is 10.6 Å². The van der Waals surface area contributed by atoms with Crippen molar-refractivity contribution in [2.75, 3.05) is 5.32 Å². The Balaban J connectivity index is 1.84. The van der Waals surface area contributed by atoms with Crippen LogP contribution in [0.3, 0.4) is 0 Å². The van der Waals surface area contributed by atoms with E-state index in [-0.39, 0.29) is 11.8 Å². The quantitative estimate of drug-likeness (QED) is 0.774. The van der Waals surface area contributed by atoms with Crippen LogP contribution in [0.15, 0.2) is 0 Å². The van der Waals surface area contributed by atoms with E-state index in [1.807, 2.05) is 0 Å². The van der Waals surface area contributed by atoms with E-state index in [1.165, 1.54) is 11.3 Å². The topological polar surface area (TPSA) is 101 Å². The summed E-state index contributed by atoms with van der Waals surface area (Å²) in [6.07, 6.45) is 4.74. The Morgan fingerprint density at radius 3 is 2.67 bits per heavy atom. The van der Waals surface area contributed by atoms with Gasteiger partial charge in [0.25, 0.3) is 5.91 Å². The number of aryl methyl sites for hydroxylation is 1. The van der Waals surface area contributed by atoms with Gasteiger partial charge in [-0.25, -0.2) is 0 Å². The number of anilines is 1. The molecule has 1 atom stereocenters. The van der Waals surface area contributed by atoms with Crippen molar-refractivity contribution < 1.29 is 14.4 Å². The Kier molecular flexibility index (Phi) is 3.67. The SMILES string of the molecule is NC(=O)c1c(NC(=O)C2CCC(=O)N2)sc2c1CCCC2. The summed E-state index contributed by atoms with van der Waals surface area (Å²) >= 11 is 1.43. The van der Waals surface area contributed by atoms with E-state index < -0.39 is 11.9 Å². The molecule has 0 spiro atoms. The zero-order valence-electron chi connectivity index (χ0n) is 11.5. The summed E-state index contributed by atoms with van der Waals surface area (Å²) in [7, 11) is 0. The third kappa shape index (κ3) is 2.65. The maximum Gasteiger partial charge on any atom is 0.251 e. The Labute approximate surface area is 126 Å². The average Bonchev–Trinajstić information content (AvgIpc) is 3.01. The zero-order chi connectivity index (χ0) is 15.0. The normalized spacial score (nSPS) is 20.8. The fourth-order valence-corrected chi connectivity index (χ4v) is 4.22. The molecule has 0 aromatic carbocycles. The molecular formula is C14H17N3O3S. The highest BCUT2D eigenvalue weighted by atomic mass is 32.1. The molecule has 6 nitrogen and oxygen atoms in total. The van der Waals surface area contributed by atoms with E-state index in [4.69, 9.17) is 5.73 Å². The lowest BCUT2D eigenvalue weighted by atomic mass is 9.95. The number of nitrogens with two attached hydrogens (primary N) is 1. The third-order valence-corrected chi connectivity index (χ3v) is 5.17. The first-order valence-corrected chi connectivity index (χ1v) is 7.92. The maximum atomic E-state index is 12.2. The molecule has 1 saturated heterocycles. The van der Waals surface area contributed by atoms with Gasteiger partial charge in [0.2, 0.25) is 11.8 Å². The van der Waals surface area contributed by atoms with Crippen LogP contribution in [0, 0.1) is 0 Å². The third-order valence-electron chi connectivity index (χ3n) is 3.97. The first-order valence-electron chi connectivity index (χ1n) is 7.11. The van der Waals surface area contributed by atoms with Gasteiger partial charge < -0.3 is 16.4 Å².